The van der Waals surface area contributed by atoms with Crippen LogP contribution in [-0.2, 0) is 9.53 Å². The SMILES string of the molecule is O=C(CSc1ccncc1)N1CCO[C@@H]2CCCC[C@H]21. The summed E-state index contributed by atoms with van der Waals surface area (Å²) in [7, 11) is 0. The van der Waals surface area contributed by atoms with E-state index in [0.29, 0.717) is 18.4 Å². The number of morpholine rings is 1. The van der Waals surface area contributed by atoms with Crippen molar-refractivity contribution in [2.75, 3.05) is 18.9 Å². The molecule has 0 radical (unpaired) electrons. The Morgan fingerprint density at radius 1 is 1.35 bits per heavy atom. The Morgan fingerprint density at radius 3 is 3.00 bits per heavy atom. The summed E-state index contributed by atoms with van der Waals surface area (Å²) in [5.74, 6) is 0.750. The number of thioether (sulfide) groups is 1. The average molecular weight is 292 g/mol. The standard InChI is InChI=1S/C15H20N2O2S/c18-15(11-20-12-5-7-16-8-6-12)17-9-10-19-14-4-2-1-3-13(14)17/h5-8,13-14H,1-4,9-11H2/t13-,14-/m1/s1. The van der Waals surface area contributed by atoms with Gasteiger partial charge >= 0.3 is 0 Å². The van der Waals surface area contributed by atoms with E-state index in [1.54, 1.807) is 24.2 Å². The molecular formula is C15H20N2O2S. The van der Waals surface area contributed by atoms with Crippen LogP contribution in [0.2, 0.25) is 0 Å². The van der Waals surface area contributed by atoms with Gasteiger partial charge in [-0.2, -0.15) is 0 Å². The van der Waals surface area contributed by atoms with Crippen LogP contribution in [0.5, 0.6) is 0 Å². The van der Waals surface area contributed by atoms with Crippen LogP contribution in [0.15, 0.2) is 29.4 Å². The summed E-state index contributed by atoms with van der Waals surface area (Å²) in [5, 5.41) is 0. The van der Waals surface area contributed by atoms with Crippen molar-refractivity contribution in [2.24, 2.45) is 0 Å². The minimum absolute atomic E-state index is 0.243. The zero-order chi connectivity index (χ0) is 13.8. The number of rotatable bonds is 3. The number of nitrogens with zero attached hydrogens (tertiary/aromatic N) is 2. The fourth-order valence-corrected chi connectivity index (χ4v) is 3.84. The van der Waals surface area contributed by atoms with Gasteiger partial charge in [-0.3, -0.25) is 9.78 Å². The highest BCUT2D eigenvalue weighted by Crippen LogP contribution is 2.29. The molecule has 2 atom stereocenters. The van der Waals surface area contributed by atoms with Crippen molar-refractivity contribution in [1.82, 2.24) is 9.88 Å². The highest BCUT2D eigenvalue weighted by atomic mass is 32.2. The van der Waals surface area contributed by atoms with Crippen LogP contribution in [0, 0.1) is 0 Å². The van der Waals surface area contributed by atoms with Crippen molar-refractivity contribution in [3.05, 3.63) is 24.5 Å². The van der Waals surface area contributed by atoms with Crippen LogP contribution in [0.3, 0.4) is 0 Å². The van der Waals surface area contributed by atoms with Crippen LogP contribution in [0.25, 0.3) is 0 Å². The molecule has 20 heavy (non-hydrogen) atoms. The van der Waals surface area contributed by atoms with Crippen molar-refractivity contribution in [3.63, 3.8) is 0 Å². The van der Waals surface area contributed by atoms with E-state index in [1.807, 2.05) is 12.1 Å². The molecule has 0 spiro atoms. The Hall–Kier alpha value is -1.07. The van der Waals surface area contributed by atoms with Gasteiger partial charge < -0.3 is 9.64 Å². The molecule has 2 fully saturated rings. The predicted molar refractivity (Wildman–Crippen MR) is 78.7 cm³/mol. The normalized spacial score (nSPS) is 26.1. The van der Waals surface area contributed by atoms with E-state index in [1.165, 1.54) is 12.8 Å². The molecule has 1 aromatic rings. The first kappa shape index (κ1) is 13.9. The summed E-state index contributed by atoms with van der Waals surface area (Å²) in [6.07, 6.45) is 8.44. The van der Waals surface area contributed by atoms with E-state index < -0.39 is 0 Å². The number of ether oxygens (including phenoxy) is 1. The number of hydrogen-bond donors (Lipinski definition) is 0. The van der Waals surface area contributed by atoms with Crippen molar-refractivity contribution < 1.29 is 9.53 Å². The maximum atomic E-state index is 12.5. The highest BCUT2D eigenvalue weighted by molar-refractivity contribution is 8.00. The Bertz CT molecular complexity index is 452. The van der Waals surface area contributed by atoms with Crippen molar-refractivity contribution in [2.45, 2.75) is 42.7 Å². The van der Waals surface area contributed by atoms with E-state index in [-0.39, 0.29) is 12.0 Å². The zero-order valence-electron chi connectivity index (χ0n) is 11.5. The molecule has 0 bridgehead atoms. The summed E-state index contributed by atoms with van der Waals surface area (Å²) in [4.78, 5) is 19.6. The molecule has 1 saturated heterocycles. The third-order valence-corrected chi connectivity index (χ3v) is 5.06. The fraction of sp³-hybridized carbons (Fsp3) is 0.600. The molecule has 3 rings (SSSR count). The average Bonchev–Trinajstić information content (AvgIpc) is 2.53. The van der Waals surface area contributed by atoms with Gasteiger partial charge in [0.2, 0.25) is 5.91 Å². The van der Waals surface area contributed by atoms with Gasteiger partial charge in [0.25, 0.3) is 0 Å². The van der Waals surface area contributed by atoms with Gasteiger partial charge in [0, 0.05) is 23.8 Å². The molecule has 2 heterocycles. The molecular weight excluding hydrogens is 272 g/mol. The molecule has 0 aromatic carbocycles. The summed E-state index contributed by atoms with van der Waals surface area (Å²) >= 11 is 1.59. The van der Waals surface area contributed by atoms with Crippen molar-refractivity contribution in [1.29, 1.82) is 0 Å². The van der Waals surface area contributed by atoms with E-state index in [2.05, 4.69) is 9.88 Å². The molecule has 0 unspecified atom stereocenters. The largest absolute Gasteiger partial charge is 0.374 e. The van der Waals surface area contributed by atoms with Gasteiger partial charge in [0.1, 0.15) is 0 Å². The summed E-state index contributed by atoms with van der Waals surface area (Å²) in [6.45, 7) is 1.43. The second-order valence-corrected chi connectivity index (χ2v) is 6.37. The van der Waals surface area contributed by atoms with Crippen LogP contribution in [0.4, 0.5) is 0 Å². The summed E-state index contributed by atoms with van der Waals surface area (Å²) < 4.78 is 5.82. The summed E-state index contributed by atoms with van der Waals surface area (Å²) in [5.41, 5.74) is 0. The maximum absolute atomic E-state index is 12.5. The molecule has 5 heteroatoms. The number of fused-ring (bicyclic) bond motifs is 1. The third-order valence-electron chi connectivity index (χ3n) is 4.06. The number of carbonyl (C=O) groups excluding carboxylic acids is 1. The van der Waals surface area contributed by atoms with Gasteiger partial charge in [-0.15, -0.1) is 11.8 Å². The lowest BCUT2D eigenvalue weighted by Gasteiger charge is -2.43. The number of aromatic nitrogens is 1. The predicted octanol–water partition coefficient (Wildman–Crippen LogP) is 2.34. The molecule has 0 N–H and O–H groups in total. The number of amides is 1. The molecule has 2 aliphatic rings. The van der Waals surface area contributed by atoms with Crippen LogP contribution in [-0.4, -0.2) is 46.8 Å². The van der Waals surface area contributed by atoms with Crippen LogP contribution in [0.1, 0.15) is 25.7 Å². The second kappa shape index (κ2) is 6.59. The lowest BCUT2D eigenvalue weighted by molar-refractivity contribution is -0.146. The lowest BCUT2D eigenvalue weighted by Crippen LogP contribution is -2.55. The maximum Gasteiger partial charge on any atom is 0.233 e. The summed E-state index contributed by atoms with van der Waals surface area (Å²) in [6, 6.07) is 4.20. The molecule has 108 valence electrons. The van der Waals surface area contributed by atoms with E-state index in [0.717, 1.165) is 24.3 Å². The fourth-order valence-electron chi connectivity index (χ4n) is 3.07. The van der Waals surface area contributed by atoms with Gasteiger partial charge in [-0.1, -0.05) is 12.8 Å². The van der Waals surface area contributed by atoms with E-state index in [4.69, 9.17) is 4.74 Å². The van der Waals surface area contributed by atoms with Gasteiger partial charge in [-0.05, 0) is 25.0 Å². The second-order valence-electron chi connectivity index (χ2n) is 5.32. The van der Waals surface area contributed by atoms with Crippen LogP contribution < -0.4 is 0 Å². The first-order chi connectivity index (χ1) is 9.84. The number of carbonyl (C=O) groups is 1. The monoisotopic (exact) mass is 292 g/mol. The minimum atomic E-state index is 0.243. The van der Waals surface area contributed by atoms with Gasteiger partial charge in [0.15, 0.2) is 0 Å². The van der Waals surface area contributed by atoms with Crippen molar-refractivity contribution in [3.8, 4) is 0 Å². The molecule has 1 amide bonds. The quantitative estimate of drug-likeness (QED) is 0.802. The first-order valence-electron chi connectivity index (χ1n) is 7.28. The Balaban J connectivity index is 1.58. The minimum Gasteiger partial charge on any atom is -0.374 e. The highest BCUT2D eigenvalue weighted by Gasteiger charge is 2.36. The zero-order valence-corrected chi connectivity index (χ0v) is 12.3. The Morgan fingerprint density at radius 2 is 2.15 bits per heavy atom. The lowest BCUT2D eigenvalue weighted by atomic mass is 9.90. The third kappa shape index (κ3) is 3.15. The molecule has 4 nitrogen and oxygen atoms in total. The molecule has 1 aliphatic heterocycles. The van der Waals surface area contributed by atoms with E-state index >= 15 is 0 Å². The Labute approximate surface area is 123 Å². The number of pyridine rings is 1. The van der Waals surface area contributed by atoms with Gasteiger partial charge in [-0.25, -0.2) is 0 Å². The van der Waals surface area contributed by atoms with Gasteiger partial charge in [0.05, 0.1) is 24.5 Å². The number of hydrogen-bond acceptors (Lipinski definition) is 4. The van der Waals surface area contributed by atoms with Crippen molar-refractivity contribution >= 4 is 17.7 Å². The smallest absolute Gasteiger partial charge is 0.233 e. The van der Waals surface area contributed by atoms with E-state index in [9.17, 15) is 4.79 Å². The molecule has 1 aromatic heterocycles. The molecule has 1 saturated carbocycles. The Kier molecular flexibility index (Phi) is 4.58. The first-order valence-corrected chi connectivity index (χ1v) is 8.27. The topological polar surface area (TPSA) is 42.4 Å². The molecule has 1 aliphatic carbocycles. The van der Waals surface area contributed by atoms with Crippen LogP contribution >= 0.6 is 11.8 Å².